The Morgan fingerprint density at radius 3 is 2.46 bits per heavy atom. The quantitative estimate of drug-likeness (QED) is 0.638. The first kappa shape index (κ1) is 20.2. The number of hydrogen-bond donors (Lipinski definition) is 3. The van der Waals surface area contributed by atoms with E-state index < -0.39 is 18.1 Å². The van der Waals surface area contributed by atoms with E-state index in [0.717, 1.165) is 5.56 Å². The molecule has 28 heavy (non-hydrogen) atoms. The fourth-order valence-corrected chi connectivity index (χ4v) is 3.87. The van der Waals surface area contributed by atoms with Crippen molar-refractivity contribution in [2.75, 3.05) is 5.32 Å². The molecule has 0 unspecified atom stereocenters. The largest absolute Gasteiger partial charge is 0.480 e. The van der Waals surface area contributed by atoms with Crippen LogP contribution in [0, 0.1) is 0 Å². The van der Waals surface area contributed by atoms with Gasteiger partial charge in [-0.25, -0.2) is 4.79 Å². The average molecular weight is 421 g/mol. The number of benzene rings is 2. The van der Waals surface area contributed by atoms with Gasteiger partial charge in [-0.05, 0) is 24.6 Å². The van der Waals surface area contributed by atoms with Gasteiger partial charge in [0, 0.05) is 33.3 Å². The second-order valence-corrected chi connectivity index (χ2v) is 7.51. The number of Topliss-reactive ketones (excluding diaryl/α,β-unsaturated/α-hetero) is 1. The molecule has 146 valence electrons. The molecule has 0 bridgehead atoms. The fourth-order valence-electron chi connectivity index (χ4n) is 3.24. The Morgan fingerprint density at radius 1 is 1.18 bits per heavy atom. The summed E-state index contributed by atoms with van der Waals surface area (Å²) in [6.07, 6.45) is 0.249. The van der Waals surface area contributed by atoms with Crippen molar-refractivity contribution in [2.45, 2.75) is 31.8 Å². The van der Waals surface area contributed by atoms with Gasteiger partial charge in [0.1, 0.15) is 6.04 Å². The van der Waals surface area contributed by atoms with E-state index >= 15 is 0 Å². The first-order valence-corrected chi connectivity index (χ1v) is 9.37. The molecule has 6 nitrogen and oxygen atoms in total. The van der Waals surface area contributed by atoms with Gasteiger partial charge < -0.3 is 15.7 Å². The topological polar surface area (TPSA) is 95.5 Å². The first-order valence-electron chi connectivity index (χ1n) is 8.62. The van der Waals surface area contributed by atoms with Crippen molar-refractivity contribution in [1.29, 1.82) is 0 Å². The molecule has 0 radical (unpaired) electrons. The number of carboxylic acid groups (broad SMARTS) is 1. The normalized spacial score (nSPS) is 18.0. The zero-order valence-corrected chi connectivity index (χ0v) is 16.5. The average Bonchev–Trinajstić information content (AvgIpc) is 2.61. The standard InChI is InChI=1S/C20H18Cl2N2O4/c1-10(25)12-4-2-11(3-5-12)6-18(26)24-16-9-17(20(27)28)23-15-8-13(21)7-14(22)19(15)16/h2-5,7-8,16-17,23H,6,9H2,1H3,(H,24,26)(H,27,28)/t16-,17+/m0/s1. The Bertz CT molecular complexity index is 944. The van der Waals surface area contributed by atoms with Crippen LogP contribution in [0.25, 0.3) is 0 Å². The summed E-state index contributed by atoms with van der Waals surface area (Å²) >= 11 is 12.3. The van der Waals surface area contributed by atoms with Crippen LogP contribution < -0.4 is 10.6 Å². The summed E-state index contributed by atoms with van der Waals surface area (Å²) in [5, 5.41) is 15.9. The number of carboxylic acids is 1. The number of ketones is 1. The Morgan fingerprint density at radius 2 is 1.86 bits per heavy atom. The van der Waals surface area contributed by atoms with Crippen molar-refractivity contribution >= 4 is 46.5 Å². The summed E-state index contributed by atoms with van der Waals surface area (Å²) in [7, 11) is 0. The molecule has 1 aliphatic rings. The van der Waals surface area contributed by atoms with Crippen LogP contribution in [0.1, 0.15) is 40.9 Å². The SMILES string of the molecule is CC(=O)c1ccc(CC(=O)N[C@H]2C[C@H](C(=O)O)Nc3cc(Cl)cc(Cl)c32)cc1. The number of aliphatic carboxylic acids is 1. The second kappa shape index (κ2) is 8.20. The lowest BCUT2D eigenvalue weighted by atomic mass is 9.92. The molecule has 2 atom stereocenters. The van der Waals surface area contributed by atoms with Crippen LogP contribution in [0.2, 0.25) is 10.0 Å². The molecular formula is C20H18Cl2N2O4. The van der Waals surface area contributed by atoms with Gasteiger partial charge in [0.2, 0.25) is 5.91 Å². The number of carbonyl (C=O) groups is 3. The van der Waals surface area contributed by atoms with E-state index in [2.05, 4.69) is 10.6 Å². The number of anilines is 1. The van der Waals surface area contributed by atoms with Crippen molar-refractivity contribution in [3.8, 4) is 0 Å². The smallest absolute Gasteiger partial charge is 0.326 e. The maximum absolute atomic E-state index is 12.5. The zero-order valence-electron chi connectivity index (χ0n) is 15.0. The van der Waals surface area contributed by atoms with E-state index in [0.29, 0.717) is 26.9 Å². The van der Waals surface area contributed by atoms with Gasteiger partial charge in [-0.1, -0.05) is 47.5 Å². The van der Waals surface area contributed by atoms with Crippen molar-refractivity contribution in [3.05, 3.63) is 63.1 Å². The summed E-state index contributed by atoms with van der Waals surface area (Å²) in [5.74, 6) is -1.35. The van der Waals surface area contributed by atoms with Gasteiger partial charge >= 0.3 is 5.97 Å². The van der Waals surface area contributed by atoms with E-state index in [4.69, 9.17) is 23.2 Å². The minimum atomic E-state index is -1.03. The Balaban J connectivity index is 1.79. The van der Waals surface area contributed by atoms with Gasteiger partial charge in [-0.15, -0.1) is 0 Å². The Kier molecular flexibility index (Phi) is 5.91. The van der Waals surface area contributed by atoms with Crippen molar-refractivity contribution in [2.24, 2.45) is 0 Å². The molecule has 0 spiro atoms. The van der Waals surface area contributed by atoms with Gasteiger partial charge in [0.15, 0.2) is 5.78 Å². The first-order chi connectivity index (χ1) is 13.2. The highest BCUT2D eigenvalue weighted by Crippen LogP contribution is 2.39. The third-order valence-electron chi connectivity index (χ3n) is 4.60. The van der Waals surface area contributed by atoms with Crippen LogP contribution in [0.5, 0.6) is 0 Å². The molecule has 1 heterocycles. The second-order valence-electron chi connectivity index (χ2n) is 6.67. The molecular weight excluding hydrogens is 403 g/mol. The molecule has 3 rings (SSSR count). The van der Waals surface area contributed by atoms with Gasteiger partial charge in [-0.2, -0.15) is 0 Å². The van der Waals surface area contributed by atoms with Crippen molar-refractivity contribution in [1.82, 2.24) is 5.32 Å². The van der Waals surface area contributed by atoms with E-state index in [1.165, 1.54) is 6.92 Å². The summed E-state index contributed by atoms with van der Waals surface area (Å²) in [4.78, 5) is 35.4. The lowest BCUT2D eigenvalue weighted by Gasteiger charge is -2.32. The third-order valence-corrected chi connectivity index (χ3v) is 5.13. The van der Waals surface area contributed by atoms with Crippen LogP contribution in [0.15, 0.2) is 36.4 Å². The van der Waals surface area contributed by atoms with Gasteiger partial charge in [0.25, 0.3) is 0 Å². The predicted octanol–water partition coefficient (Wildman–Crippen LogP) is 3.86. The molecule has 1 aliphatic heterocycles. The van der Waals surface area contributed by atoms with Crippen molar-refractivity contribution in [3.63, 3.8) is 0 Å². The number of halogens is 2. The number of nitrogens with one attached hydrogen (secondary N) is 2. The minimum absolute atomic E-state index is 0.0460. The molecule has 0 saturated carbocycles. The predicted molar refractivity (Wildman–Crippen MR) is 107 cm³/mol. The molecule has 0 saturated heterocycles. The van der Waals surface area contributed by atoms with Gasteiger partial charge in [0.05, 0.1) is 12.5 Å². The van der Waals surface area contributed by atoms with E-state index in [-0.39, 0.29) is 24.5 Å². The van der Waals surface area contributed by atoms with Crippen LogP contribution >= 0.6 is 23.2 Å². The highest BCUT2D eigenvalue weighted by molar-refractivity contribution is 6.35. The summed E-state index contributed by atoms with van der Waals surface area (Å²) in [6.45, 7) is 1.48. The fraction of sp³-hybridized carbons (Fsp3) is 0.250. The van der Waals surface area contributed by atoms with E-state index in [1.807, 2.05) is 0 Å². The molecule has 2 aromatic rings. The number of rotatable bonds is 5. The number of hydrogen-bond acceptors (Lipinski definition) is 4. The van der Waals surface area contributed by atoms with Crippen LogP contribution in [0.4, 0.5) is 5.69 Å². The minimum Gasteiger partial charge on any atom is -0.480 e. The zero-order chi connectivity index (χ0) is 20.4. The molecule has 2 aromatic carbocycles. The summed E-state index contributed by atoms with van der Waals surface area (Å²) in [6, 6.07) is 8.50. The molecule has 0 aromatic heterocycles. The molecule has 1 amide bonds. The van der Waals surface area contributed by atoms with E-state index in [9.17, 15) is 19.5 Å². The lowest BCUT2D eigenvalue weighted by molar-refractivity contribution is -0.138. The number of carbonyl (C=O) groups excluding carboxylic acids is 2. The maximum Gasteiger partial charge on any atom is 0.326 e. The molecule has 3 N–H and O–H groups in total. The van der Waals surface area contributed by atoms with E-state index in [1.54, 1.807) is 36.4 Å². The van der Waals surface area contributed by atoms with Gasteiger partial charge in [-0.3, -0.25) is 9.59 Å². The Hall–Kier alpha value is -2.57. The molecule has 8 heteroatoms. The summed E-state index contributed by atoms with van der Waals surface area (Å²) < 4.78 is 0. The highest BCUT2D eigenvalue weighted by atomic mass is 35.5. The van der Waals surface area contributed by atoms with Crippen LogP contribution in [-0.2, 0) is 16.0 Å². The molecule has 0 aliphatic carbocycles. The highest BCUT2D eigenvalue weighted by Gasteiger charge is 2.33. The maximum atomic E-state index is 12.5. The molecule has 0 fully saturated rings. The monoisotopic (exact) mass is 420 g/mol. The van der Waals surface area contributed by atoms with Crippen LogP contribution in [-0.4, -0.2) is 28.8 Å². The number of fused-ring (bicyclic) bond motifs is 1. The van der Waals surface area contributed by atoms with Crippen LogP contribution in [0.3, 0.4) is 0 Å². The Labute approximate surface area is 171 Å². The summed E-state index contributed by atoms with van der Waals surface area (Å²) in [5.41, 5.74) is 2.43. The lowest BCUT2D eigenvalue weighted by Crippen LogP contribution is -2.41. The third kappa shape index (κ3) is 4.46. The van der Waals surface area contributed by atoms with Crippen molar-refractivity contribution < 1.29 is 19.5 Å². The number of amides is 1.